The minimum atomic E-state index is -0.550. The highest BCUT2D eigenvalue weighted by Crippen LogP contribution is 2.33. The maximum Gasteiger partial charge on any atom is 0.280 e. The molecule has 0 aliphatic carbocycles. The Morgan fingerprint density at radius 3 is 2.24 bits per heavy atom. The van der Waals surface area contributed by atoms with Crippen molar-refractivity contribution in [2.45, 2.75) is 0 Å². The van der Waals surface area contributed by atoms with Crippen molar-refractivity contribution >= 4 is 44.4 Å². The van der Waals surface area contributed by atoms with Crippen LogP contribution in [-0.4, -0.2) is 22.7 Å². The molecule has 0 bridgehead atoms. The number of amides is 3. The standard InChI is InChI=1S/C19H11BrN2O3/c20-15-10-9-14-16-12(15)7-4-8-13(16)18(24)22(19(14)25)21-17(23)11-5-2-1-3-6-11/h1-10H,(H,21,23). The van der Waals surface area contributed by atoms with Gasteiger partial charge in [0.25, 0.3) is 17.7 Å². The molecule has 1 heterocycles. The summed E-state index contributed by atoms with van der Waals surface area (Å²) in [5.74, 6) is -1.62. The van der Waals surface area contributed by atoms with Crippen molar-refractivity contribution in [1.29, 1.82) is 0 Å². The van der Waals surface area contributed by atoms with Crippen LogP contribution >= 0.6 is 15.9 Å². The third kappa shape index (κ3) is 2.42. The van der Waals surface area contributed by atoms with Crippen molar-refractivity contribution in [3.05, 3.63) is 81.8 Å². The van der Waals surface area contributed by atoms with Crippen molar-refractivity contribution < 1.29 is 14.4 Å². The number of halogens is 1. The predicted octanol–water partition coefficient (Wildman–Crippen LogP) is 3.54. The summed E-state index contributed by atoms with van der Waals surface area (Å²) >= 11 is 3.44. The molecule has 3 aromatic rings. The van der Waals surface area contributed by atoms with E-state index in [1.54, 1.807) is 54.6 Å². The van der Waals surface area contributed by atoms with E-state index in [0.717, 1.165) is 14.9 Å². The molecule has 0 atom stereocenters. The average Bonchev–Trinajstić information content (AvgIpc) is 2.65. The number of hydrogen-bond donors (Lipinski definition) is 1. The molecule has 0 radical (unpaired) electrons. The lowest BCUT2D eigenvalue weighted by molar-refractivity contribution is 0.0479. The number of imide groups is 1. The van der Waals surface area contributed by atoms with Gasteiger partial charge < -0.3 is 0 Å². The van der Waals surface area contributed by atoms with E-state index in [1.807, 2.05) is 6.07 Å². The van der Waals surface area contributed by atoms with Gasteiger partial charge in [-0.2, -0.15) is 5.01 Å². The van der Waals surface area contributed by atoms with Crippen molar-refractivity contribution in [3.63, 3.8) is 0 Å². The molecule has 3 aromatic carbocycles. The van der Waals surface area contributed by atoms with Gasteiger partial charge in [0, 0.05) is 15.4 Å². The average molecular weight is 395 g/mol. The molecule has 0 spiro atoms. The minimum Gasteiger partial charge on any atom is -0.267 e. The van der Waals surface area contributed by atoms with Gasteiger partial charge in [-0.25, -0.2) is 0 Å². The van der Waals surface area contributed by atoms with Crippen LogP contribution in [0.2, 0.25) is 0 Å². The monoisotopic (exact) mass is 394 g/mol. The Balaban J connectivity index is 1.78. The molecule has 122 valence electrons. The molecular formula is C19H11BrN2O3. The van der Waals surface area contributed by atoms with Crippen molar-refractivity contribution in [3.8, 4) is 0 Å². The van der Waals surface area contributed by atoms with Crippen LogP contribution < -0.4 is 5.43 Å². The lowest BCUT2D eigenvalue weighted by Crippen LogP contribution is -2.51. The quantitative estimate of drug-likeness (QED) is 0.675. The van der Waals surface area contributed by atoms with Gasteiger partial charge in [0.15, 0.2) is 0 Å². The van der Waals surface area contributed by atoms with E-state index in [4.69, 9.17) is 0 Å². The van der Waals surface area contributed by atoms with Crippen molar-refractivity contribution in [1.82, 2.24) is 10.4 Å². The lowest BCUT2D eigenvalue weighted by atomic mass is 9.95. The SMILES string of the molecule is O=C(NN1C(=O)c2cccc3c(Br)ccc(c23)C1=O)c1ccccc1. The first-order valence-corrected chi connectivity index (χ1v) is 8.33. The van der Waals surface area contributed by atoms with Crippen LogP contribution in [-0.2, 0) is 0 Å². The van der Waals surface area contributed by atoms with E-state index in [1.165, 1.54) is 0 Å². The zero-order valence-electron chi connectivity index (χ0n) is 12.8. The maximum absolute atomic E-state index is 12.8. The van der Waals surface area contributed by atoms with Crippen LogP contribution in [0, 0.1) is 0 Å². The van der Waals surface area contributed by atoms with Gasteiger partial charge in [-0.15, -0.1) is 0 Å². The third-order valence-corrected chi connectivity index (χ3v) is 4.80. The van der Waals surface area contributed by atoms with E-state index < -0.39 is 17.7 Å². The number of nitrogens with one attached hydrogen (secondary N) is 1. The molecule has 0 saturated carbocycles. The topological polar surface area (TPSA) is 66.5 Å². The van der Waals surface area contributed by atoms with Crippen LogP contribution in [0.1, 0.15) is 31.1 Å². The van der Waals surface area contributed by atoms with E-state index in [9.17, 15) is 14.4 Å². The molecule has 3 amide bonds. The summed E-state index contributed by atoms with van der Waals surface area (Å²) in [6, 6.07) is 17.1. The summed E-state index contributed by atoms with van der Waals surface area (Å²) in [7, 11) is 0. The first-order valence-electron chi connectivity index (χ1n) is 7.54. The summed E-state index contributed by atoms with van der Waals surface area (Å²) in [6.07, 6.45) is 0. The van der Waals surface area contributed by atoms with Gasteiger partial charge in [0.2, 0.25) is 0 Å². The molecule has 6 heteroatoms. The Bertz CT molecular complexity index is 1020. The lowest BCUT2D eigenvalue weighted by Gasteiger charge is -2.27. The van der Waals surface area contributed by atoms with Gasteiger partial charge in [-0.3, -0.25) is 19.8 Å². The molecule has 0 saturated heterocycles. The third-order valence-electron chi connectivity index (χ3n) is 4.10. The fraction of sp³-hybridized carbons (Fsp3) is 0. The van der Waals surface area contributed by atoms with Gasteiger partial charge in [0.1, 0.15) is 0 Å². The minimum absolute atomic E-state index is 0.364. The summed E-state index contributed by atoms with van der Waals surface area (Å²) in [5, 5.41) is 2.16. The largest absolute Gasteiger partial charge is 0.280 e. The maximum atomic E-state index is 12.8. The number of hydrogen-bond acceptors (Lipinski definition) is 3. The first-order chi connectivity index (χ1) is 12.1. The summed E-state index contributed by atoms with van der Waals surface area (Å²) in [4.78, 5) is 37.9. The smallest absolute Gasteiger partial charge is 0.267 e. The summed E-state index contributed by atoms with van der Waals surface area (Å²) < 4.78 is 0.801. The second-order valence-electron chi connectivity index (χ2n) is 5.58. The Morgan fingerprint density at radius 2 is 1.52 bits per heavy atom. The molecule has 0 unspecified atom stereocenters. The fourth-order valence-corrected chi connectivity index (χ4v) is 3.38. The first kappa shape index (κ1) is 15.5. The molecule has 1 aliphatic heterocycles. The van der Waals surface area contributed by atoms with Crippen LogP contribution in [0.3, 0.4) is 0 Å². The predicted molar refractivity (Wildman–Crippen MR) is 96.1 cm³/mol. The highest BCUT2D eigenvalue weighted by molar-refractivity contribution is 9.10. The van der Waals surface area contributed by atoms with Crippen LogP contribution in [0.5, 0.6) is 0 Å². The Labute approximate surface area is 151 Å². The number of benzene rings is 3. The number of carbonyl (C=O) groups excluding carboxylic acids is 3. The van der Waals surface area contributed by atoms with Crippen LogP contribution in [0.25, 0.3) is 10.8 Å². The zero-order chi connectivity index (χ0) is 17.6. The van der Waals surface area contributed by atoms with E-state index >= 15 is 0 Å². The highest BCUT2D eigenvalue weighted by Gasteiger charge is 2.34. The number of hydrazine groups is 1. The van der Waals surface area contributed by atoms with Crippen molar-refractivity contribution in [2.24, 2.45) is 0 Å². The highest BCUT2D eigenvalue weighted by atomic mass is 79.9. The normalized spacial score (nSPS) is 13.2. The van der Waals surface area contributed by atoms with Gasteiger partial charge in [-0.1, -0.05) is 46.3 Å². The van der Waals surface area contributed by atoms with Crippen molar-refractivity contribution in [2.75, 3.05) is 0 Å². The fourth-order valence-electron chi connectivity index (χ4n) is 2.92. The van der Waals surface area contributed by atoms with Crippen LogP contribution in [0.4, 0.5) is 0 Å². The Hall–Kier alpha value is -2.99. The van der Waals surface area contributed by atoms with E-state index in [0.29, 0.717) is 22.1 Å². The summed E-state index contributed by atoms with van der Waals surface area (Å²) in [6.45, 7) is 0. The molecule has 25 heavy (non-hydrogen) atoms. The van der Waals surface area contributed by atoms with Gasteiger partial charge in [0.05, 0.1) is 11.1 Å². The second kappa shape index (κ2) is 5.82. The zero-order valence-corrected chi connectivity index (χ0v) is 14.4. The molecular weight excluding hydrogens is 384 g/mol. The van der Waals surface area contributed by atoms with E-state index in [-0.39, 0.29) is 0 Å². The number of nitrogens with zero attached hydrogens (tertiary/aromatic N) is 1. The molecule has 1 N–H and O–H groups in total. The molecule has 5 nitrogen and oxygen atoms in total. The summed E-state index contributed by atoms with van der Waals surface area (Å²) in [5.41, 5.74) is 3.53. The second-order valence-corrected chi connectivity index (χ2v) is 6.43. The molecule has 0 aromatic heterocycles. The van der Waals surface area contributed by atoms with Gasteiger partial charge >= 0.3 is 0 Å². The molecule has 0 fully saturated rings. The Morgan fingerprint density at radius 1 is 0.840 bits per heavy atom. The number of carbonyl (C=O) groups is 3. The number of rotatable bonds is 2. The van der Waals surface area contributed by atoms with Gasteiger partial charge in [-0.05, 0) is 35.7 Å². The molecule has 1 aliphatic rings. The molecule has 4 rings (SSSR count). The van der Waals surface area contributed by atoms with Crippen LogP contribution in [0.15, 0.2) is 65.1 Å². The Kier molecular flexibility index (Phi) is 3.62. The van der Waals surface area contributed by atoms with E-state index in [2.05, 4.69) is 21.4 Å².